The van der Waals surface area contributed by atoms with Crippen LogP contribution in [-0.4, -0.2) is 33.4 Å². The minimum Gasteiger partial charge on any atom is -0.395 e. The molecule has 0 saturated heterocycles. The van der Waals surface area contributed by atoms with Gasteiger partial charge >= 0.3 is 0 Å². The molecule has 2 aromatic heterocycles. The van der Waals surface area contributed by atoms with Crippen molar-refractivity contribution in [2.45, 2.75) is 6.92 Å². The maximum atomic E-state index is 8.75. The fourth-order valence-electron chi connectivity index (χ4n) is 1.97. The Kier molecular flexibility index (Phi) is 3.58. The van der Waals surface area contributed by atoms with Gasteiger partial charge in [-0.1, -0.05) is 6.07 Å². The second kappa shape index (κ2) is 5.52. The van der Waals surface area contributed by atoms with E-state index < -0.39 is 0 Å². The van der Waals surface area contributed by atoms with Crippen molar-refractivity contribution in [3.63, 3.8) is 0 Å². The first-order valence-electron chi connectivity index (χ1n) is 6.32. The number of rotatable bonds is 4. The summed E-state index contributed by atoms with van der Waals surface area (Å²) in [5.74, 6) is 0.661. The number of fused-ring (bicyclic) bond motifs is 1. The molecule has 0 amide bonds. The zero-order valence-electron chi connectivity index (χ0n) is 11.0. The summed E-state index contributed by atoms with van der Waals surface area (Å²) in [7, 11) is 0. The molecule has 3 aromatic rings. The lowest BCUT2D eigenvalue weighted by Gasteiger charge is -2.04. The number of anilines is 1. The SMILES string of the molecule is Cc1nc2cc(-c3ccc(NCCO)nn3)ccc2s1. The van der Waals surface area contributed by atoms with E-state index >= 15 is 0 Å². The van der Waals surface area contributed by atoms with Crippen LogP contribution in [0.2, 0.25) is 0 Å². The van der Waals surface area contributed by atoms with Gasteiger partial charge in [-0.25, -0.2) is 4.98 Å². The van der Waals surface area contributed by atoms with Crippen molar-refractivity contribution < 1.29 is 5.11 Å². The second-order valence-electron chi connectivity index (χ2n) is 4.37. The highest BCUT2D eigenvalue weighted by Gasteiger charge is 2.05. The van der Waals surface area contributed by atoms with E-state index in [4.69, 9.17) is 5.11 Å². The predicted molar refractivity (Wildman–Crippen MR) is 81.0 cm³/mol. The first-order chi connectivity index (χ1) is 9.76. The fourth-order valence-corrected chi connectivity index (χ4v) is 2.77. The van der Waals surface area contributed by atoms with Gasteiger partial charge < -0.3 is 10.4 Å². The summed E-state index contributed by atoms with van der Waals surface area (Å²) in [4.78, 5) is 4.49. The van der Waals surface area contributed by atoms with Gasteiger partial charge in [0, 0.05) is 12.1 Å². The molecule has 20 heavy (non-hydrogen) atoms. The molecule has 0 fully saturated rings. The quantitative estimate of drug-likeness (QED) is 0.771. The Hall–Kier alpha value is -2.05. The van der Waals surface area contributed by atoms with Crippen molar-refractivity contribution in [3.8, 4) is 11.3 Å². The van der Waals surface area contributed by atoms with Gasteiger partial charge in [-0.2, -0.15) is 0 Å². The maximum Gasteiger partial charge on any atom is 0.148 e. The third-order valence-electron chi connectivity index (χ3n) is 2.87. The minimum absolute atomic E-state index is 0.0727. The Bertz CT molecular complexity index is 724. The molecule has 6 heteroatoms. The molecular weight excluding hydrogens is 272 g/mol. The van der Waals surface area contributed by atoms with Crippen LogP contribution in [0.1, 0.15) is 5.01 Å². The van der Waals surface area contributed by atoms with E-state index in [-0.39, 0.29) is 6.61 Å². The zero-order valence-corrected chi connectivity index (χ0v) is 11.8. The van der Waals surface area contributed by atoms with Crippen LogP contribution in [0.4, 0.5) is 5.82 Å². The maximum absolute atomic E-state index is 8.75. The van der Waals surface area contributed by atoms with Gasteiger partial charge in [-0.05, 0) is 31.2 Å². The summed E-state index contributed by atoms with van der Waals surface area (Å²) in [5.41, 5.74) is 2.81. The summed E-state index contributed by atoms with van der Waals surface area (Å²) >= 11 is 1.69. The van der Waals surface area contributed by atoms with Crippen LogP contribution in [-0.2, 0) is 0 Å². The Labute approximate surface area is 120 Å². The van der Waals surface area contributed by atoms with E-state index in [2.05, 4.69) is 26.6 Å². The first kappa shape index (κ1) is 13.0. The highest BCUT2D eigenvalue weighted by molar-refractivity contribution is 7.18. The van der Waals surface area contributed by atoms with Crippen LogP contribution in [0.25, 0.3) is 21.5 Å². The van der Waals surface area contributed by atoms with Crippen molar-refractivity contribution in [1.82, 2.24) is 15.2 Å². The van der Waals surface area contributed by atoms with Crippen LogP contribution in [0.15, 0.2) is 30.3 Å². The van der Waals surface area contributed by atoms with Gasteiger partial charge in [0.25, 0.3) is 0 Å². The third kappa shape index (κ3) is 2.61. The molecule has 3 rings (SSSR count). The fraction of sp³-hybridized carbons (Fsp3) is 0.214. The van der Waals surface area contributed by atoms with Gasteiger partial charge in [0.2, 0.25) is 0 Å². The number of hydrogen-bond acceptors (Lipinski definition) is 6. The minimum atomic E-state index is 0.0727. The third-order valence-corrected chi connectivity index (χ3v) is 3.82. The summed E-state index contributed by atoms with van der Waals surface area (Å²) in [5, 5.41) is 21.1. The van der Waals surface area contributed by atoms with Crippen molar-refractivity contribution in [2.24, 2.45) is 0 Å². The van der Waals surface area contributed by atoms with Gasteiger partial charge in [-0.3, -0.25) is 0 Å². The molecule has 0 bridgehead atoms. The van der Waals surface area contributed by atoms with E-state index in [1.807, 2.05) is 31.2 Å². The van der Waals surface area contributed by atoms with Crippen LogP contribution >= 0.6 is 11.3 Å². The van der Waals surface area contributed by atoms with Gasteiger partial charge in [0.05, 0.1) is 27.5 Å². The lowest BCUT2D eigenvalue weighted by atomic mass is 10.1. The Morgan fingerprint density at radius 1 is 1.20 bits per heavy atom. The number of aliphatic hydroxyl groups excluding tert-OH is 1. The van der Waals surface area contributed by atoms with Crippen molar-refractivity contribution >= 4 is 27.4 Å². The monoisotopic (exact) mass is 286 g/mol. The van der Waals surface area contributed by atoms with Crippen LogP contribution in [0.5, 0.6) is 0 Å². The number of nitrogens with one attached hydrogen (secondary N) is 1. The van der Waals surface area contributed by atoms with Gasteiger partial charge in [0.15, 0.2) is 0 Å². The number of aromatic nitrogens is 3. The molecule has 5 nitrogen and oxygen atoms in total. The average molecular weight is 286 g/mol. The van der Waals surface area contributed by atoms with E-state index in [0.29, 0.717) is 12.4 Å². The molecule has 0 spiro atoms. The van der Waals surface area contributed by atoms with Crippen LogP contribution in [0, 0.1) is 6.92 Å². The largest absolute Gasteiger partial charge is 0.395 e. The second-order valence-corrected chi connectivity index (χ2v) is 5.60. The molecule has 0 aliphatic carbocycles. The summed E-state index contributed by atoms with van der Waals surface area (Å²) in [6.45, 7) is 2.55. The molecule has 2 N–H and O–H groups in total. The van der Waals surface area contributed by atoms with Crippen molar-refractivity contribution in [1.29, 1.82) is 0 Å². The highest BCUT2D eigenvalue weighted by Crippen LogP contribution is 2.26. The smallest absolute Gasteiger partial charge is 0.148 e. The highest BCUT2D eigenvalue weighted by atomic mass is 32.1. The van der Waals surface area contributed by atoms with Crippen molar-refractivity contribution in [2.75, 3.05) is 18.5 Å². The molecule has 2 heterocycles. The first-order valence-corrected chi connectivity index (χ1v) is 7.14. The number of thiazole rings is 1. The normalized spacial score (nSPS) is 10.9. The Morgan fingerprint density at radius 2 is 2.10 bits per heavy atom. The zero-order chi connectivity index (χ0) is 13.9. The molecule has 0 aliphatic heterocycles. The number of benzene rings is 1. The number of aliphatic hydroxyl groups is 1. The van der Waals surface area contributed by atoms with Crippen molar-refractivity contribution in [3.05, 3.63) is 35.3 Å². The topological polar surface area (TPSA) is 70.9 Å². The molecule has 1 aromatic carbocycles. The summed E-state index contributed by atoms with van der Waals surface area (Å²) < 4.78 is 1.18. The Morgan fingerprint density at radius 3 is 2.85 bits per heavy atom. The van der Waals surface area contributed by atoms with Crippen LogP contribution < -0.4 is 5.32 Å². The van der Waals surface area contributed by atoms with E-state index in [0.717, 1.165) is 21.8 Å². The van der Waals surface area contributed by atoms with Gasteiger partial charge in [-0.15, -0.1) is 21.5 Å². The Balaban J connectivity index is 1.89. The summed E-state index contributed by atoms with van der Waals surface area (Å²) in [6.07, 6.45) is 0. The molecular formula is C14H14N4OS. The van der Waals surface area contributed by atoms with Gasteiger partial charge in [0.1, 0.15) is 5.82 Å². The molecule has 0 radical (unpaired) electrons. The average Bonchev–Trinajstić information content (AvgIpc) is 2.84. The molecule has 102 valence electrons. The number of aryl methyl sites for hydroxylation is 1. The standard InChI is InChI=1S/C14H14N4OS/c1-9-16-12-8-10(2-4-13(12)20-9)11-3-5-14(18-17-11)15-6-7-19/h2-5,8,19H,6-7H2,1H3,(H,15,18). The lowest BCUT2D eigenvalue weighted by molar-refractivity contribution is 0.311. The van der Waals surface area contributed by atoms with E-state index in [1.54, 1.807) is 11.3 Å². The molecule has 0 unspecified atom stereocenters. The molecule has 0 atom stereocenters. The number of hydrogen-bond donors (Lipinski definition) is 2. The molecule has 0 aliphatic rings. The van der Waals surface area contributed by atoms with Crippen LogP contribution in [0.3, 0.4) is 0 Å². The van der Waals surface area contributed by atoms with E-state index in [1.165, 1.54) is 4.70 Å². The predicted octanol–water partition coefficient (Wildman–Crippen LogP) is 2.47. The molecule has 0 saturated carbocycles. The van der Waals surface area contributed by atoms with E-state index in [9.17, 15) is 0 Å². The lowest BCUT2D eigenvalue weighted by Crippen LogP contribution is -2.07. The summed E-state index contributed by atoms with van der Waals surface area (Å²) in [6, 6.07) is 9.89. The number of nitrogens with zero attached hydrogens (tertiary/aromatic N) is 3.